The SMILES string of the molecule is O=[N+]([O-])c1ccc(NCC2CCCOC2c2ccccc2)c(S(=O)(=O)N2CCCC2)c1. The van der Waals surface area contributed by atoms with Crippen molar-refractivity contribution in [2.24, 2.45) is 5.92 Å². The molecule has 0 bridgehead atoms. The molecular weight excluding hydrogens is 418 g/mol. The quantitative estimate of drug-likeness (QED) is 0.511. The molecule has 0 saturated carbocycles. The molecule has 8 nitrogen and oxygen atoms in total. The van der Waals surface area contributed by atoms with Crippen molar-refractivity contribution in [2.45, 2.75) is 36.7 Å². The van der Waals surface area contributed by atoms with Crippen LogP contribution in [-0.4, -0.2) is 43.9 Å². The highest BCUT2D eigenvalue weighted by Gasteiger charge is 2.32. The summed E-state index contributed by atoms with van der Waals surface area (Å²) in [5, 5.41) is 14.5. The van der Waals surface area contributed by atoms with Crippen LogP contribution in [0.1, 0.15) is 37.4 Å². The molecule has 2 saturated heterocycles. The number of nitrogens with zero attached hydrogens (tertiary/aromatic N) is 2. The molecule has 2 fully saturated rings. The highest BCUT2D eigenvalue weighted by atomic mass is 32.2. The lowest BCUT2D eigenvalue weighted by molar-refractivity contribution is -0.385. The normalized spacial score (nSPS) is 22.3. The van der Waals surface area contributed by atoms with Gasteiger partial charge in [-0.3, -0.25) is 10.1 Å². The summed E-state index contributed by atoms with van der Waals surface area (Å²) < 4.78 is 33.9. The molecule has 31 heavy (non-hydrogen) atoms. The number of rotatable bonds is 7. The molecular formula is C22H27N3O5S. The summed E-state index contributed by atoms with van der Waals surface area (Å²) in [6.45, 7) is 2.09. The van der Waals surface area contributed by atoms with Crippen LogP contribution in [0.2, 0.25) is 0 Å². The van der Waals surface area contributed by atoms with E-state index < -0.39 is 14.9 Å². The number of non-ortho nitro benzene ring substituents is 1. The number of nitrogens with one attached hydrogen (secondary N) is 1. The molecule has 166 valence electrons. The third kappa shape index (κ3) is 4.73. The summed E-state index contributed by atoms with van der Waals surface area (Å²) in [7, 11) is -3.81. The van der Waals surface area contributed by atoms with Gasteiger partial charge in [0.2, 0.25) is 10.0 Å². The van der Waals surface area contributed by atoms with E-state index in [9.17, 15) is 18.5 Å². The first-order valence-corrected chi connectivity index (χ1v) is 12.1. The molecule has 9 heteroatoms. The zero-order valence-corrected chi connectivity index (χ0v) is 18.1. The molecule has 2 aromatic carbocycles. The summed E-state index contributed by atoms with van der Waals surface area (Å²) in [5.74, 6) is 0.161. The molecule has 0 aliphatic carbocycles. The van der Waals surface area contributed by atoms with Crippen molar-refractivity contribution in [3.63, 3.8) is 0 Å². The minimum atomic E-state index is -3.81. The number of hydrogen-bond acceptors (Lipinski definition) is 6. The topological polar surface area (TPSA) is 102 Å². The summed E-state index contributed by atoms with van der Waals surface area (Å²) in [6.07, 6.45) is 3.42. The molecule has 2 aliphatic heterocycles. The van der Waals surface area contributed by atoms with Crippen LogP contribution in [0.3, 0.4) is 0 Å². The molecule has 2 unspecified atom stereocenters. The summed E-state index contributed by atoms with van der Waals surface area (Å²) in [6, 6.07) is 14.0. The summed E-state index contributed by atoms with van der Waals surface area (Å²) in [5.41, 5.74) is 1.27. The Morgan fingerprint density at radius 1 is 1.10 bits per heavy atom. The molecule has 2 aromatic rings. The zero-order chi connectivity index (χ0) is 21.8. The zero-order valence-electron chi connectivity index (χ0n) is 17.3. The van der Waals surface area contributed by atoms with Gasteiger partial charge in [-0.1, -0.05) is 30.3 Å². The molecule has 0 amide bonds. The number of anilines is 1. The second-order valence-corrected chi connectivity index (χ2v) is 9.94. The van der Waals surface area contributed by atoms with Gasteiger partial charge in [0.1, 0.15) is 4.90 Å². The monoisotopic (exact) mass is 445 g/mol. The van der Waals surface area contributed by atoms with Gasteiger partial charge < -0.3 is 10.1 Å². The fraction of sp³-hybridized carbons (Fsp3) is 0.455. The lowest BCUT2D eigenvalue weighted by atomic mass is 9.89. The largest absolute Gasteiger partial charge is 0.384 e. The Hall–Kier alpha value is -2.49. The van der Waals surface area contributed by atoms with Crippen molar-refractivity contribution in [3.8, 4) is 0 Å². The van der Waals surface area contributed by atoms with Crippen molar-refractivity contribution in [3.05, 3.63) is 64.2 Å². The van der Waals surface area contributed by atoms with E-state index in [-0.39, 0.29) is 22.6 Å². The average Bonchev–Trinajstić information content (AvgIpc) is 3.34. The maximum Gasteiger partial charge on any atom is 0.270 e. The van der Waals surface area contributed by atoms with E-state index in [4.69, 9.17) is 4.74 Å². The molecule has 4 rings (SSSR count). The summed E-state index contributed by atoms with van der Waals surface area (Å²) >= 11 is 0. The Labute approximate surface area is 182 Å². The van der Waals surface area contributed by atoms with E-state index >= 15 is 0 Å². The standard InChI is InChI=1S/C22H27N3O5S/c26-25(27)19-10-11-20(21(15-19)31(28,29)24-12-4-5-13-24)23-16-18-9-6-14-30-22(18)17-7-2-1-3-8-17/h1-3,7-8,10-11,15,18,22-23H,4-6,9,12-14,16H2. The van der Waals surface area contributed by atoms with Gasteiger partial charge >= 0.3 is 0 Å². The van der Waals surface area contributed by atoms with E-state index in [1.54, 1.807) is 0 Å². The fourth-order valence-corrected chi connectivity index (χ4v) is 6.06. The van der Waals surface area contributed by atoms with Crippen LogP contribution in [0.15, 0.2) is 53.4 Å². The van der Waals surface area contributed by atoms with Crippen molar-refractivity contribution < 1.29 is 18.1 Å². The predicted molar refractivity (Wildman–Crippen MR) is 117 cm³/mol. The van der Waals surface area contributed by atoms with Crippen LogP contribution in [0.4, 0.5) is 11.4 Å². The van der Waals surface area contributed by atoms with Gasteiger partial charge in [0, 0.05) is 44.3 Å². The molecule has 0 spiro atoms. The van der Waals surface area contributed by atoms with Crippen LogP contribution in [0.5, 0.6) is 0 Å². The first-order valence-electron chi connectivity index (χ1n) is 10.7. The summed E-state index contributed by atoms with van der Waals surface area (Å²) in [4.78, 5) is 10.7. The Morgan fingerprint density at radius 2 is 1.84 bits per heavy atom. The number of sulfonamides is 1. The molecule has 2 heterocycles. The number of benzene rings is 2. The first-order chi connectivity index (χ1) is 15.0. The minimum absolute atomic E-state index is 0.0309. The Balaban J connectivity index is 1.59. The lowest BCUT2D eigenvalue weighted by Gasteiger charge is -2.32. The van der Waals surface area contributed by atoms with E-state index in [1.165, 1.54) is 22.5 Å². The Morgan fingerprint density at radius 3 is 2.55 bits per heavy atom. The van der Waals surface area contributed by atoms with E-state index in [0.29, 0.717) is 31.9 Å². The number of nitro benzene ring substituents is 1. The van der Waals surface area contributed by atoms with E-state index in [2.05, 4.69) is 5.32 Å². The van der Waals surface area contributed by atoms with Crippen LogP contribution in [0, 0.1) is 16.0 Å². The highest BCUT2D eigenvalue weighted by Crippen LogP contribution is 2.35. The van der Waals surface area contributed by atoms with Gasteiger partial charge in [0.15, 0.2) is 0 Å². The first kappa shape index (κ1) is 21.7. The van der Waals surface area contributed by atoms with Crippen molar-refractivity contribution in [1.82, 2.24) is 4.31 Å². The Kier molecular flexibility index (Phi) is 6.54. The second kappa shape index (κ2) is 9.33. The van der Waals surface area contributed by atoms with Crippen molar-refractivity contribution in [2.75, 3.05) is 31.6 Å². The molecule has 2 atom stereocenters. The average molecular weight is 446 g/mol. The van der Waals surface area contributed by atoms with E-state index in [1.807, 2.05) is 30.3 Å². The number of nitro groups is 1. The third-order valence-corrected chi connectivity index (χ3v) is 7.93. The van der Waals surface area contributed by atoms with Gasteiger partial charge in [-0.2, -0.15) is 4.31 Å². The predicted octanol–water partition coefficient (Wildman–Crippen LogP) is 3.96. The van der Waals surface area contributed by atoms with Crippen LogP contribution >= 0.6 is 0 Å². The van der Waals surface area contributed by atoms with E-state index in [0.717, 1.165) is 31.2 Å². The van der Waals surface area contributed by atoms with Gasteiger partial charge in [-0.05, 0) is 37.3 Å². The third-order valence-electron chi connectivity index (χ3n) is 5.99. The molecule has 2 aliphatic rings. The second-order valence-electron chi connectivity index (χ2n) is 8.03. The molecule has 0 aromatic heterocycles. The highest BCUT2D eigenvalue weighted by molar-refractivity contribution is 7.89. The Bertz CT molecular complexity index is 1020. The van der Waals surface area contributed by atoms with Crippen LogP contribution in [0.25, 0.3) is 0 Å². The van der Waals surface area contributed by atoms with Crippen molar-refractivity contribution in [1.29, 1.82) is 0 Å². The smallest absolute Gasteiger partial charge is 0.270 e. The van der Waals surface area contributed by atoms with Gasteiger partial charge in [0.05, 0.1) is 16.7 Å². The number of ether oxygens (including phenoxy) is 1. The van der Waals surface area contributed by atoms with Gasteiger partial charge in [0.25, 0.3) is 5.69 Å². The van der Waals surface area contributed by atoms with Crippen LogP contribution < -0.4 is 5.32 Å². The lowest BCUT2D eigenvalue weighted by Crippen LogP contribution is -2.30. The maximum atomic E-state index is 13.2. The maximum absolute atomic E-state index is 13.2. The molecule has 1 N–H and O–H groups in total. The van der Waals surface area contributed by atoms with Crippen LogP contribution in [-0.2, 0) is 14.8 Å². The van der Waals surface area contributed by atoms with Gasteiger partial charge in [-0.15, -0.1) is 0 Å². The molecule has 0 radical (unpaired) electrons. The number of hydrogen-bond donors (Lipinski definition) is 1. The van der Waals surface area contributed by atoms with Gasteiger partial charge in [-0.25, -0.2) is 8.42 Å². The minimum Gasteiger partial charge on any atom is -0.384 e. The van der Waals surface area contributed by atoms with Crippen molar-refractivity contribution >= 4 is 21.4 Å². The fourth-order valence-electron chi connectivity index (χ4n) is 4.36.